The van der Waals surface area contributed by atoms with Crippen LogP contribution in [0.3, 0.4) is 0 Å². The number of rotatable bonds is 5. The van der Waals surface area contributed by atoms with Crippen molar-refractivity contribution in [3.8, 4) is 0 Å². The van der Waals surface area contributed by atoms with Crippen LogP contribution in [0.4, 0.5) is 0 Å². The Hall–Kier alpha value is -1.43. The summed E-state index contributed by atoms with van der Waals surface area (Å²) in [6.45, 7) is 6.81. The fourth-order valence-electron chi connectivity index (χ4n) is 2.01. The third-order valence-electron chi connectivity index (χ3n) is 3.60. The summed E-state index contributed by atoms with van der Waals surface area (Å²) in [6.07, 6.45) is 0.829. The SMILES string of the molecule is CCOC(=O)C(C)(C)C(=O)CN1CCCN(C)C(=O)C1. The van der Waals surface area contributed by atoms with Crippen molar-refractivity contribution in [2.24, 2.45) is 5.41 Å². The van der Waals surface area contributed by atoms with Crippen molar-refractivity contribution in [3.63, 3.8) is 0 Å². The molecule has 0 aromatic rings. The average Bonchev–Trinajstić information content (AvgIpc) is 2.52. The lowest BCUT2D eigenvalue weighted by Crippen LogP contribution is -2.44. The maximum absolute atomic E-state index is 12.3. The van der Waals surface area contributed by atoms with Crippen LogP contribution >= 0.6 is 0 Å². The number of Topliss-reactive ketones (excluding diaryl/α,β-unsaturated/α-hetero) is 1. The molecule has 6 heteroatoms. The standard InChI is InChI=1S/C14H24N2O4/c1-5-20-13(19)14(2,3)11(17)9-16-8-6-7-15(4)12(18)10-16/h5-10H2,1-4H3. The van der Waals surface area contributed by atoms with Gasteiger partial charge in [-0.3, -0.25) is 19.3 Å². The highest BCUT2D eigenvalue weighted by molar-refractivity contribution is 6.04. The lowest BCUT2D eigenvalue weighted by atomic mass is 9.88. The van der Waals surface area contributed by atoms with E-state index >= 15 is 0 Å². The van der Waals surface area contributed by atoms with Crippen LogP contribution in [0.15, 0.2) is 0 Å². The Morgan fingerprint density at radius 3 is 2.55 bits per heavy atom. The number of likely N-dealkylation sites (N-methyl/N-ethyl adjacent to an activating group) is 1. The number of ether oxygens (including phenoxy) is 1. The van der Waals surface area contributed by atoms with Crippen molar-refractivity contribution >= 4 is 17.7 Å². The molecular formula is C14H24N2O4. The molecule has 0 atom stereocenters. The zero-order valence-corrected chi connectivity index (χ0v) is 12.8. The molecule has 1 rings (SSSR count). The lowest BCUT2D eigenvalue weighted by molar-refractivity contribution is -0.158. The summed E-state index contributed by atoms with van der Waals surface area (Å²) in [5, 5.41) is 0. The topological polar surface area (TPSA) is 66.9 Å². The third-order valence-corrected chi connectivity index (χ3v) is 3.60. The lowest BCUT2D eigenvalue weighted by Gasteiger charge is -2.25. The van der Waals surface area contributed by atoms with Gasteiger partial charge in [-0.25, -0.2) is 0 Å². The first-order valence-electron chi connectivity index (χ1n) is 6.96. The zero-order chi connectivity index (χ0) is 15.3. The molecule has 0 spiro atoms. The molecule has 1 fully saturated rings. The molecule has 0 aromatic carbocycles. The van der Waals surface area contributed by atoms with E-state index in [4.69, 9.17) is 4.74 Å². The summed E-state index contributed by atoms with van der Waals surface area (Å²) < 4.78 is 4.93. The van der Waals surface area contributed by atoms with Gasteiger partial charge in [0.25, 0.3) is 0 Å². The molecule has 1 aliphatic rings. The van der Waals surface area contributed by atoms with E-state index in [-0.39, 0.29) is 31.4 Å². The van der Waals surface area contributed by atoms with Crippen LogP contribution in [-0.2, 0) is 19.1 Å². The fourth-order valence-corrected chi connectivity index (χ4v) is 2.01. The van der Waals surface area contributed by atoms with Gasteiger partial charge in [-0.05, 0) is 27.2 Å². The fraction of sp³-hybridized carbons (Fsp3) is 0.786. The predicted molar refractivity (Wildman–Crippen MR) is 74.1 cm³/mol. The average molecular weight is 284 g/mol. The number of amides is 1. The number of nitrogens with zero attached hydrogens (tertiary/aromatic N) is 2. The number of esters is 1. The summed E-state index contributed by atoms with van der Waals surface area (Å²) in [7, 11) is 1.76. The highest BCUT2D eigenvalue weighted by Gasteiger charge is 2.38. The monoisotopic (exact) mass is 284 g/mol. The van der Waals surface area contributed by atoms with E-state index in [0.717, 1.165) is 6.42 Å². The molecule has 0 aliphatic carbocycles. The van der Waals surface area contributed by atoms with E-state index in [1.165, 1.54) is 0 Å². The zero-order valence-electron chi connectivity index (χ0n) is 12.8. The van der Waals surface area contributed by atoms with Gasteiger partial charge in [-0.15, -0.1) is 0 Å². The molecule has 20 heavy (non-hydrogen) atoms. The molecule has 0 bridgehead atoms. The van der Waals surface area contributed by atoms with Gasteiger partial charge in [0.15, 0.2) is 5.78 Å². The molecule has 6 nitrogen and oxygen atoms in total. The van der Waals surface area contributed by atoms with Crippen molar-refractivity contribution < 1.29 is 19.1 Å². The predicted octanol–water partition coefficient (Wildman–Crippen LogP) is 0.309. The molecule has 0 aromatic heterocycles. The summed E-state index contributed by atoms with van der Waals surface area (Å²) in [6, 6.07) is 0. The largest absolute Gasteiger partial charge is 0.465 e. The molecule has 1 heterocycles. The van der Waals surface area contributed by atoms with Gasteiger partial charge in [0.1, 0.15) is 5.41 Å². The second-order valence-electron chi connectivity index (χ2n) is 5.65. The highest BCUT2D eigenvalue weighted by Crippen LogP contribution is 2.20. The van der Waals surface area contributed by atoms with E-state index in [0.29, 0.717) is 13.1 Å². The van der Waals surface area contributed by atoms with Crippen molar-refractivity contribution in [2.75, 3.05) is 39.8 Å². The molecule has 0 unspecified atom stereocenters. The van der Waals surface area contributed by atoms with Crippen LogP contribution in [0.2, 0.25) is 0 Å². The summed E-state index contributed by atoms with van der Waals surface area (Å²) >= 11 is 0. The van der Waals surface area contributed by atoms with E-state index in [2.05, 4.69) is 0 Å². The molecule has 1 amide bonds. The van der Waals surface area contributed by atoms with Crippen molar-refractivity contribution in [2.45, 2.75) is 27.2 Å². The molecular weight excluding hydrogens is 260 g/mol. The second kappa shape index (κ2) is 6.83. The Morgan fingerprint density at radius 2 is 1.95 bits per heavy atom. The van der Waals surface area contributed by atoms with Crippen LogP contribution in [0.1, 0.15) is 27.2 Å². The maximum atomic E-state index is 12.3. The van der Waals surface area contributed by atoms with Crippen LogP contribution in [0.5, 0.6) is 0 Å². The van der Waals surface area contributed by atoms with Crippen molar-refractivity contribution in [1.82, 2.24) is 9.80 Å². The molecule has 1 saturated heterocycles. The summed E-state index contributed by atoms with van der Waals surface area (Å²) in [4.78, 5) is 39.3. The van der Waals surface area contributed by atoms with Crippen LogP contribution in [0, 0.1) is 5.41 Å². The number of carbonyl (C=O) groups excluding carboxylic acids is 3. The molecule has 0 radical (unpaired) electrons. The van der Waals surface area contributed by atoms with Crippen LogP contribution in [-0.4, -0.2) is 67.3 Å². The molecule has 1 aliphatic heterocycles. The minimum Gasteiger partial charge on any atom is -0.465 e. The molecule has 114 valence electrons. The van der Waals surface area contributed by atoms with Gasteiger partial charge in [0, 0.05) is 20.1 Å². The van der Waals surface area contributed by atoms with E-state index in [9.17, 15) is 14.4 Å². The Kier molecular flexibility index (Phi) is 5.68. The van der Waals surface area contributed by atoms with Crippen molar-refractivity contribution in [3.05, 3.63) is 0 Å². The Balaban J connectivity index is 2.65. The Morgan fingerprint density at radius 1 is 1.30 bits per heavy atom. The normalized spacial score (nSPS) is 17.8. The number of carbonyl (C=O) groups is 3. The quantitative estimate of drug-likeness (QED) is 0.537. The highest BCUT2D eigenvalue weighted by atomic mass is 16.5. The first kappa shape index (κ1) is 16.6. The van der Waals surface area contributed by atoms with Crippen molar-refractivity contribution in [1.29, 1.82) is 0 Å². The van der Waals surface area contributed by atoms with Gasteiger partial charge in [-0.1, -0.05) is 0 Å². The van der Waals surface area contributed by atoms with Gasteiger partial charge < -0.3 is 9.64 Å². The smallest absolute Gasteiger partial charge is 0.319 e. The molecule has 0 N–H and O–H groups in total. The van der Waals surface area contributed by atoms with Crippen LogP contribution < -0.4 is 0 Å². The van der Waals surface area contributed by atoms with Gasteiger partial charge in [0.05, 0.1) is 19.7 Å². The number of hydrogen-bond acceptors (Lipinski definition) is 5. The van der Waals surface area contributed by atoms with E-state index in [1.807, 2.05) is 0 Å². The number of ketones is 1. The first-order chi connectivity index (χ1) is 9.28. The van der Waals surface area contributed by atoms with Gasteiger partial charge >= 0.3 is 5.97 Å². The third kappa shape index (κ3) is 4.03. The van der Waals surface area contributed by atoms with E-state index in [1.54, 1.807) is 37.6 Å². The number of hydrogen-bond donors (Lipinski definition) is 0. The maximum Gasteiger partial charge on any atom is 0.319 e. The molecule has 0 saturated carbocycles. The Bertz CT molecular complexity index is 393. The summed E-state index contributed by atoms with van der Waals surface area (Å²) in [5.74, 6) is -0.721. The summed E-state index contributed by atoms with van der Waals surface area (Å²) in [5.41, 5.74) is -1.17. The minimum absolute atomic E-state index is 0.00393. The first-order valence-corrected chi connectivity index (χ1v) is 6.96. The van der Waals surface area contributed by atoms with Gasteiger partial charge in [0.2, 0.25) is 5.91 Å². The van der Waals surface area contributed by atoms with Crippen LogP contribution in [0.25, 0.3) is 0 Å². The Labute approximate surface area is 120 Å². The van der Waals surface area contributed by atoms with E-state index < -0.39 is 11.4 Å². The second-order valence-corrected chi connectivity index (χ2v) is 5.65. The minimum atomic E-state index is -1.17. The van der Waals surface area contributed by atoms with Gasteiger partial charge in [-0.2, -0.15) is 0 Å².